The molecule has 0 spiro atoms. The Bertz CT molecular complexity index is 226. The van der Waals surface area contributed by atoms with Crippen molar-refractivity contribution in [2.24, 2.45) is 11.8 Å². The smallest absolute Gasteiger partial charge is 0.306 e. The zero-order chi connectivity index (χ0) is 10.7. The summed E-state index contributed by atoms with van der Waals surface area (Å²) in [5.41, 5.74) is 0. The van der Waals surface area contributed by atoms with Gasteiger partial charge in [-0.2, -0.15) is 0 Å². The summed E-state index contributed by atoms with van der Waals surface area (Å²) in [6.07, 6.45) is 8.18. The molecule has 0 saturated heterocycles. The van der Waals surface area contributed by atoms with Gasteiger partial charge in [-0.25, -0.2) is 0 Å². The van der Waals surface area contributed by atoms with Gasteiger partial charge in [0.15, 0.2) is 0 Å². The summed E-state index contributed by atoms with van der Waals surface area (Å²) in [5, 5.41) is 12.6. The van der Waals surface area contributed by atoms with E-state index < -0.39 is 5.97 Å². The number of hydrogen-bond acceptors (Lipinski definition) is 2. The highest BCUT2D eigenvalue weighted by molar-refractivity contribution is 5.70. The van der Waals surface area contributed by atoms with E-state index in [1.54, 1.807) is 0 Å². The van der Waals surface area contributed by atoms with Crippen molar-refractivity contribution in [1.29, 1.82) is 0 Å². The van der Waals surface area contributed by atoms with E-state index in [1.165, 1.54) is 25.7 Å². The molecule has 2 atom stereocenters. The van der Waals surface area contributed by atoms with Crippen molar-refractivity contribution in [3.05, 3.63) is 0 Å². The Hall–Kier alpha value is -0.570. The van der Waals surface area contributed by atoms with E-state index in [9.17, 15) is 4.79 Å². The molecule has 2 N–H and O–H groups in total. The lowest BCUT2D eigenvalue weighted by Gasteiger charge is -2.33. The number of rotatable bonds is 4. The molecule has 15 heavy (non-hydrogen) atoms. The fraction of sp³-hybridized carbons (Fsp3) is 0.917. The summed E-state index contributed by atoms with van der Waals surface area (Å²) in [7, 11) is 0. The predicted octanol–water partition coefficient (Wildman–Crippen LogP) is 2.02. The van der Waals surface area contributed by atoms with Crippen molar-refractivity contribution in [2.75, 3.05) is 6.54 Å². The average Bonchev–Trinajstić information content (AvgIpc) is 2.16. The molecular weight excluding hydrogens is 190 g/mol. The van der Waals surface area contributed by atoms with Crippen LogP contribution in [0.1, 0.15) is 44.9 Å². The molecule has 2 saturated carbocycles. The van der Waals surface area contributed by atoms with Crippen LogP contribution in [0.25, 0.3) is 0 Å². The maximum Gasteiger partial charge on any atom is 0.306 e. The topological polar surface area (TPSA) is 49.3 Å². The van der Waals surface area contributed by atoms with Crippen molar-refractivity contribution in [3.63, 3.8) is 0 Å². The van der Waals surface area contributed by atoms with E-state index in [4.69, 9.17) is 5.11 Å². The Labute approximate surface area is 91.2 Å². The van der Waals surface area contributed by atoms with Crippen LogP contribution >= 0.6 is 0 Å². The molecule has 0 heterocycles. The molecule has 0 aromatic heterocycles. The molecule has 3 heteroatoms. The summed E-state index contributed by atoms with van der Waals surface area (Å²) in [6.45, 7) is 0.918. The number of hydrogen-bond donors (Lipinski definition) is 2. The Morgan fingerprint density at radius 1 is 1.13 bits per heavy atom. The summed E-state index contributed by atoms with van der Waals surface area (Å²) in [4.78, 5) is 11.1. The van der Waals surface area contributed by atoms with Crippen LogP contribution in [0.2, 0.25) is 0 Å². The van der Waals surface area contributed by atoms with E-state index in [0.717, 1.165) is 25.8 Å². The molecular formula is C12H21NO2. The van der Waals surface area contributed by atoms with Gasteiger partial charge in [-0.15, -0.1) is 0 Å². The third-order valence-corrected chi connectivity index (χ3v) is 4.00. The Morgan fingerprint density at radius 2 is 1.87 bits per heavy atom. The molecule has 2 aliphatic carbocycles. The third kappa shape index (κ3) is 2.71. The Morgan fingerprint density at radius 3 is 2.47 bits per heavy atom. The predicted molar refractivity (Wildman–Crippen MR) is 58.7 cm³/mol. The van der Waals surface area contributed by atoms with Gasteiger partial charge in [-0.1, -0.05) is 19.3 Å². The van der Waals surface area contributed by atoms with Crippen LogP contribution in [0.15, 0.2) is 0 Å². The van der Waals surface area contributed by atoms with Crippen LogP contribution in [0.4, 0.5) is 0 Å². The first kappa shape index (κ1) is 10.9. The number of carboxylic acids is 1. The molecule has 2 unspecified atom stereocenters. The minimum atomic E-state index is -0.588. The van der Waals surface area contributed by atoms with E-state index in [1.807, 2.05) is 0 Å². The van der Waals surface area contributed by atoms with Gasteiger partial charge in [0.1, 0.15) is 0 Å². The summed E-state index contributed by atoms with van der Waals surface area (Å²) < 4.78 is 0. The molecule has 3 nitrogen and oxygen atoms in total. The standard InChI is InChI=1S/C12H21NO2/c14-12(15)11-7-2-1-4-9(11)8-13-10-5-3-6-10/h9-11,13H,1-8H2,(H,14,15). The van der Waals surface area contributed by atoms with E-state index in [0.29, 0.717) is 12.0 Å². The summed E-state index contributed by atoms with van der Waals surface area (Å²) in [5.74, 6) is -0.307. The summed E-state index contributed by atoms with van der Waals surface area (Å²) in [6, 6.07) is 0.682. The highest BCUT2D eigenvalue weighted by Crippen LogP contribution is 2.30. The van der Waals surface area contributed by atoms with Crippen molar-refractivity contribution in [1.82, 2.24) is 5.32 Å². The van der Waals surface area contributed by atoms with E-state index in [2.05, 4.69) is 5.32 Å². The number of nitrogens with one attached hydrogen (secondary N) is 1. The van der Waals surface area contributed by atoms with Crippen molar-refractivity contribution in [2.45, 2.75) is 51.0 Å². The van der Waals surface area contributed by atoms with Crippen LogP contribution < -0.4 is 5.32 Å². The molecule has 0 amide bonds. The van der Waals surface area contributed by atoms with Gasteiger partial charge in [0, 0.05) is 6.04 Å². The van der Waals surface area contributed by atoms with Crippen LogP contribution in [-0.4, -0.2) is 23.7 Å². The zero-order valence-corrected chi connectivity index (χ0v) is 9.24. The first-order valence-corrected chi connectivity index (χ1v) is 6.23. The highest BCUT2D eigenvalue weighted by atomic mass is 16.4. The quantitative estimate of drug-likeness (QED) is 0.748. The zero-order valence-electron chi connectivity index (χ0n) is 9.24. The number of carbonyl (C=O) groups is 1. The van der Waals surface area contributed by atoms with Crippen LogP contribution in [-0.2, 0) is 4.79 Å². The lowest BCUT2D eigenvalue weighted by molar-refractivity contribution is -0.144. The van der Waals surface area contributed by atoms with E-state index >= 15 is 0 Å². The second kappa shape index (κ2) is 4.97. The third-order valence-electron chi connectivity index (χ3n) is 4.00. The van der Waals surface area contributed by atoms with Gasteiger partial charge in [0.2, 0.25) is 0 Å². The first-order valence-electron chi connectivity index (χ1n) is 6.23. The Balaban J connectivity index is 1.78. The van der Waals surface area contributed by atoms with Crippen molar-refractivity contribution < 1.29 is 9.90 Å². The van der Waals surface area contributed by atoms with E-state index in [-0.39, 0.29) is 5.92 Å². The SMILES string of the molecule is O=C(O)C1CCCCC1CNC1CCC1. The normalized spacial score (nSPS) is 32.3. The maximum absolute atomic E-state index is 11.1. The van der Waals surface area contributed by atoms with Crippen molar-refractivity contribution >= 4 is 5.97 Å². The van der Waals surface area contributed by atoms with Gasteiger partial charge in [-0.05, 0) is 38.1 Å². The second-order valence-electron chi connectivity index (χ2n) is 5.03. The molecule has 0 bridgehead atoms. The lowest BCUT2D eigenvalue weighted by Crippen LogP contribution is -2.41. The van der Waals surface area contributed by atoms with Crippen LogP contribution in [0.5, 0.6) is 0 Å². The molecule has 86 valence electrons. The lowest BCUT2D eigenvalue weighted by atomic mass is 9.79. The molecule has 2 rings (SSSR count). The minimum Gasteiger partial charge on any atom is -0.481 e. The van der Waals surface area contributed by atoms with Gasteiger partial charge in [0.25, 0.3) is 0 Å². The largest absolute Gasteiger partial charge is 0.481 e. The van der Waals surface area contributed by atoms with Crippen LogP contribution in [0, 0.1) is 11.8 Å². The molecule has 0 aromatic carbocycles. The monoisotopic (exact) mass is 211 g/mol. The second-order valence-corrected chi connectivity index (χ2v) is 5.03. The molecule has 2 fully saturated rings. The molecule has 0 aromatic rings. The molecule has 2 aliphatic rings. The first-order chi connectivity index (χ1) is 7.27. The molecule has 0 aliphatic heterocycles. The van der Waals surface area contributed by atoms with Crippen molar-refractivity contribution in [3.8, 4) is 0 Å². The molecule has 0 radical (unpaired) electrons. The number of carboxylic acid groups (broad SMARTS) is 1. The fourth-order valence-corrected chi connectivity index (χ4v) is 2.71. The summed E-state index contributed by atoms with van der Waals surface area (Å²) >= 11 is 0. The van der Waals surface area contributed by atoms with Gasteiger partial charge < -0.3 is 10.4 Å². The maximum atomic E-state index is 11.1. The minimum absolute atomic E-state index is 0.0914. The average molecular weight is 211 g/mol. The fourth-order valence-electron chi connectivity index (χ4n) is 2.71. The Kier molecular flexibility index (Phi) is 3.62. The van der Waals surface area contributed by atoms with Gasteiger partial charge in [0.05, 0.1) is 5.92 Å². The highest BCUT2D eigenvalue weighted by Gasteiger charge is 2.31. The van der Waals surface area contributed by atoms with Crippen LogP contribution in [0.3, 0.4) is 0 Å². The van der Waals surface area contributed by atoms with Gasteiger partial charge >= 0.3 is 5.97 Å². The van der Waals surface area contributed by atoms with Gasteiger partial charge in [-0.3, -0.25) is 4.79 Å². The number of aliphatic carboxylic acids is 1.